The Hall–Kier alpha value is -1.75. The summed E-state index contributed by atoms with van der Waals surface area (Å²) < 4.78 is 30.8. The SMILES string of the molecule is Fc1ccc(Oc2nccc(Cl)n2)c(F)c1. The number of rotatable bonds is 2. The molecule has 0 fully saturated rings. The van der Waals surface area contributed by atoms with E-state index in [1.54, 1.807) is 0 Å². The van der Waals surface area contributed by atoms with Gasteiger partial charge in [0.1, 0.15) is 11.0 Å². The monoisotopic (exact) mass is 242 g/mol. The molecular weight excluding hydrogens is 238 g/mol. The summed E-state index contributed by atoms with van der Waals surface area (Å²) in [6, 6.07) is 4.28. The molecule has 0 aliphatic rings. The van der Waals surface area contributed by atoms with Crippen molar-refractivity contribution < 1.29 is 13.5 Å². The van der Waals surface area contributed by atoms with Gasteiger partial charge in [-0.3, -0.25) is 0 Å². The third kappa shape index (κ3) is 2.43. The molecule has 6 heteroatoms. The van der Waals surface area contributed by atoms with E-state index in [2.05, 4.69) is 9.97 Å². The fourth-order valence-corrected chi connectivity index (χ4v) is 1.15. The van der Waals surface area contributed by atoms with Crippen molar-refractivity contribution in [3.63, 3.8) is 0 Å². The van der Waals surface area contributed by atoms with E-state index < -0.39 is 11.6 Å². The van der Waals surface area contributed by atoms with Gasteiger partial charge in [-0.05, 0) is 18.2 Å². The minimum atomic E-state index is -0.830. The van der Waals surface area contributed by atoms with Gasteiger partial charge in [0, 0.05) is 12.3 Å². The molecule has 16 heavy (non-hydrogen) atoms. The van der Waals surface area contributed by atoms with Gasteiger partial charge in [0.2, 0.25) is 0 Å². The molecule has 0 spiro atoms. The average Bonchev–Trinajstić information content (AvgIpc) is 2.22. The molecule has 82 valence electrons. The number of aromatic nitrogens is 2. The predicted octanol–water partition coefficient (Wildman–Crippen LogP) is 3.20. The summed E-state index contributed by atoms with van der Waals surface area (Å²) in [6.45, 7) is 0. The number of hydrogen-bond acceptors (Lipinski definition) is 3. The van der Waals surface area contributed by atoms with Crippen molar-refractivity contribution in [3.05, 3.63) is 47.2 Å². The highest BCUT2D eigenvalue weighted by Gasteiger charge is 2.07. The lowest BCUT2D eigenvalue weighted by atomic mass is 10.3. The highest BCUT2D eigenvalue weighted by molar-refractivity contribution is 6.29. The van der Waals surface area contributed by atoms with Crippen molar-refractivity contribution in [2.45, 2.75) is 0 Å². The number of nitrogens with zero attached hydrogens (tertiary/aromatic N) is 2. The van der Waals surface area contributed by atoms with Crippen molar-refractivity contribution >= 4 is 11.6 Å². The second kappa shape index (κ2) is 4.40. The average molecular weight is 243 g/mol. The Bertz CT molecular complexity index is 522. The highest BCUT2D eigenvalue weighted by atomic mass is 35.5. The van der Waals surface area contributed by atoms with E-state index in [1.807, 2.05) is 0 Å². The molecule has 0 N–H and O–H groups in total. The van der Waals surface area contributed by atoms with Gasteiger partial charge in [0.25, 0.3) is 0 Å². The molecule has 0 aliphatic carbocycles. The molecule has 0 radical (unpaired) electrons. The fraction of sp³-hybridized carbons (Fsp3) is 0. The molecule has 1 aromatic carbocycles. The van der Waals surface area contributed by atoms with Gasteiger partial charge in [0.05, 0.1) is 0 Å². The van der Waals surface area contributed by atoms with Crippen molar-refractivity contribution in [2.24, 2.45) is 0 Å². The normalized spacial score (nSPS) is 10.2. The van der Waals surface area contributed by atoms with Crippen LogP contribution in [0.25, 0.3) is 0 Å². The lowest BCUT2D eigenvalue weighted by molar-refractivity contribution is 0.408. The summed E-state index contributed by atoms with van der Waals surface area (Å²) in [7, 11) is 0. The molecule has 0 aliphatic heterocycles. The van der Waals surface area contributed by atoms with E-state index >= 15 is 0 Å². The predicted molar refractivity (Wildman–Crippen MR) is 53.5 cm³/mol. The molecular formula is C10H5ClF2N2O. The standard InChI is InChI=1S/C10H5ClF2N2O/c11-9-3-4-14-10(15-9)16-8-2-1-6(12)5-7(8)13/h1-5H. The Balaban J connectivity index is 2.27. The molecule has 2 rings (SSSR count). The first-order valence-corrected chi connectivity index (χ1v) is 4.64. The first-order valence-electron chi connectivity index (χ1n) is 4.26. The van der Waals surface area contributed by atoms with Crippen LogP contribution in [-0.2, 0) is 0 Å². The number of ether oxygens (including phenoxy) is 1. The van der Waals surface area contributed by atoms with Gasteiger partial charge in [-0.15, -0.1) is 0 Å². The number of halogens is 3. The first-order chi connectivity index (χ1) is 7.65. The molecule has 0 amide bonds. The fourth-order valence-electron chi connectivity index (χ4n) is 1.03. The maximum absolute atomic E-state index is 13.2. The molecule has 0 saturated carbocycles. The van der Waals surface area contributed by atoms with E-state index in [-0.39, 0.29) is 16.9 Å². The third-order valence-electron chi connectivity index (χ3n) is 1.69. The van der Waals surface area contributed by atoms with Crippen LogP contribution in [0.5, 0.6) is 11.8 Å². The van der Waals surface area contributed by atoms with Crippen LogP contribution in [-0.4, -0.2) is 9.97 Å². The Morgan fingerprint density at radius 3 is 2.69 bits per heavy atom. The van der Waals surface area contributed by atoms with Crippen molar-refractivity contribution in [2.75, 3.05) is 0 Å². The Labute approximate surface area is 94.7 Å². The first kappa shape index (κ1) is 10.8. The van der Waals surface area contributed by atoms with Crippen LogP contribution >= 0.6 is 11.6 Å². The van der Waals surface area contributed by atoms with E-state index in [0.29, 0.717) is 6.07 Å². The van der Waals surface area contributed by atoms with Crippen LogP contribution in [0, 0.1) is 11.6 Å². The number of benzene rings is 1. The zero-order valence-electron chi connectivity index (χ0n) is 7.82. The largest absolute Gasteiger partial charge is 0.421 e. The van der Waals surface area contributed by atoms with Gasteiger partial charge in [0.15, 0.2) is 11.6 Å². The number of hydrogen-bond donors (Lipinski definition) is 0. The topological polar surface area (TPSA) is 35.0 Å². The van der Waals surface area contributed by atoms with E-state index in [9.17, 15) is 8.78 Å². The van der Waals surface area contributed by atoms with Crippen LogP contribution in [0.1, 0.15) is 0 Å². The zero-order valence-corrected chi connectivity index (χ0v) is 8.58. The second-order valence-corrected chi connectivity index (χ2v) is 3.23. The summed E-state index contributed by atoms with van der Waals surface area (Å²) >= 11 is 5.59. The van der Waals surface area contributed by atoms with Crippen LogP contribution in [0.2, 0.25) is 5.15 Å². The van der Waals surface area contributed by atoms with Gasteiger partial charge in [-0.25, -0.2) is 13.8 Å². The third-order valence-corrected chi connectivity index (χ3v) is 1.91. The van der Waals surface area contributed by atoms with Gasteiger partial charge in [-0.2, -0.15) is 4.98 Å². The lowest BCUT2D eigenvalue weighted by Gasteiger charge is -2.04. The van der Waals surface area contributed by atoms with E-state index in [1.165, 1.54) is 12.3 Å². The van der Waals surface area contributed by atoms with Crippen molar-refractivity contribution in [3.8, 4) is 11.8 Å². The smallest absolute Gasteiger partial charge is 0.323 e. The minimum absolute atomic E-state index is 0.0991. The molecule has 0 atom stereocenters. The maximum atomic E-state index is 13.2. The molecule has 0 unspecified atom stereocenters. The van der Waals surface area contributed by atoms with Gasteiger partial charge >= 0.3 is 6.01 Å². The quantitative estimate of drug-likeness (QED) is 0.759. The molecule has 1 aromatic heterocycles. The molecule has 1 heterocycles. The van der Waals surface area contributed by atoms with Crippen LogP contribution in [0.4, 0.5) is 8.78 Å². The van der Waals surface area contributed by atoms with Gasteiger partial charge in [-0.1, -0.05) is 11.6 Å². The minimum Gasteiger partial charge on any atom is -0.421 e. The highest BCUT2D eigenvalue weighted by Crippen LogP contribution is 2.22. The van der Waals surface area contributed by atoms with Crippen molar-refractivity contribution in [1.82, 2.24) is 9.97 Å². The lowest BCUT2D eigenvalue weighted by Crippen LogP contribution is -1.94. The van der Waals surface area contributed by atoms with Gasteiger partial charge < -0.3 is 4.74 Å². The molecule has 3 nitrogen and oxygen atoms in total. The maximum Gasteiger partial charge on any atom is 0.323 e. The van der Waals surface area contributed by atoms with E-state index in [0.717, 1.165) is 12.1 Å². The van der Waals surface area contributed by atoms with Crippen LogP contribution < -0.4 is 4.74 Å². The van der Waals surface area contributed by atoms with Crippen LogP contribution in [0.3, 0.4) is 0 Å². The van der Waals surface area contributed by atoms with Crippen molar-refractivity contribution in [1.29, 1.82) is 0 Å². The molecule has 0 bridgehead atoms. The Morgan fingerprint density at radius 1 is 1.19 bits per heavy atom. The second-order valence-electron chi connectivity index (χ2n) is 2.84. The summed E-state index contributed by atoms with van der Waals surface area (Å²) in [6.07, 6.45) is 1.37. The zero-order chi connectivity index (χ0) is 11.5. The summed E-state index contributed by atoms with van der Waals surface area (Å²) in [5.41, 5.74) is 0. The molecule has 0 saturated heterocycles. The Kier molecular flexibility index (Phi) is 2.96. The van der Waals surface area contributed by atoms with E-state index in [4.69, 9.17) is 16.3 Å². The molecule has 2 aromatic rings. The summed E-state index contributed by atoms with van der Waals surface area (Å²) in [5.74, 6) is -1.68. The summed E-state index contributed by atoms with van der Waals surface area (Å²) in [4.78, 5) is 7.42. The summed E-state index contributed by atoms with van der Waals surface area (Å²) in [5, 5.41) is 0.174. The van der Waals surface area contributed by atoms with Crippen LogP contribution in [0.15, 0.2) is 30.5 Å². The Morgan fingerprint density at radius 2 is 2.00 bits per heavy atom.